The van der Waals surface area contributed by atoms with Crippen LogP contribution in [0.1, 0.15) is 16.0 Å². The first-order valence-corrected chi connectivity index (χ1v) is 17.2. The maximum atomic E-state index is 13.4. The molecule has 1 aliphatic heterocycles. The highest BCUT2D eigenvalue weighted by Gasteiger charge is 2.39. The largest absolute Gasteiger partial charge is 0.493 e. The van der Waals surface area contributed by atoms with Crippen molar-refractivity contribution in [1.82, 2.24) is 9.29 Å². The van der Waals surface area contributed by atoms with Crippen molar-refractivity contribution in [1.29, 1.82) is 0 Å². The molecule has 1 aliphatic rings. The van der Waals surface area contributed by atoms with E-state index in [-0.39, 0.29) is 19.0 Å². The van der Waals surface area contributed by atoms with E-state index in [1.165, 1.54) is 17.5 Å². The summed E-state index contributed by atoms with van der Waals surface area (Å²) in [5.74, 6) is 0.117. The maximum Gasteiger partial charge on any atom is 0.332 e. The van der Waals surface area contributed by atoms with E-state index in [4.69, 9.17) is 4.74 Å². The van der Waals surface area contributed by atoms with Crippen molar-refractivity contribution in [3.05, 3.63) is 88.3 Å². The van der Waals surface area contributed by atoms with Gasteiger partial charge in [0.2, 0.25) is 5.88 Å². The van der Waals surface area contributed by atoms with Gasteiger partial charge in [-0.3, -0.25) is 4.98 Å². The minimum absolute atomic E-state index is 0.243. The Bertz CT molecular complexity index is 1320. The molecular formula is C25H29N3O4S2Si. The minimum atomic E-state index is -3.98. The molecule has 2 heterocycles. The number of ether oxygens (including phenoxy) is 1. The fourth-order valence-corrected chi connectivity index (χ4v) is 6.49. The lowest BCUT2D eigenvalue weighted by Gasteiger charge is -2.25. The minimum Gasteiger partial charge on any atom is -0.493 e. The molecule has 0 fully saturated rings. The Balaban J connectivity index is 1.66. The Morgan fingerprint density at radius 1 is 1.11 bits per heavy atom. The highest BCUT2D eigenvalue weighted by atomic mass is 32.2. The molecule has 1 aromatic heterocycles. The fourth-order valence-electron chi connectivity index (χ4n) is 3.47. The summed E-state index contributed by atoms with van der Waals surface area (Å²) in [6.07, 6.45) is 6.90. The summed E-state index contributed by atoms with van der Waals surface area (Å²) in [6, 6.07) is 15.7. The Morgan fingerprint density at radius 3 is 2.57 bits per heavy atom. The molecule has 0 saturated heterocycles. The molecule has 0 aliphatic carbocycles. The normalized spacial score (nSPS) is 15.6. The molecule has 2 aromatic carbocycles. The van der Waals surface area contributed by atoms with E-state index in [0.29, 0.717) is 11.4 Å². The van der Waals surface area contributed by atoms with Crippen molar-refractivity contribution < 1.29 is 18.3 Å². The highest BCUT2D eigenvalue weighted by molar-refractivity contribution is 7.91. The van der Waals surface area contributed by atoms with Crippen molar-refractivity contribution in [3.63, 3.8) is 0 Å². The zero-order valence-electron chi connectivity index (χ0n) is 20.0. The molecule has 4 rings (SSSR count). The van der Waals surface area contributed by atoms with Crippen LogP contribution in [0.4, 0.5) is 5.69 Å². The first kappa shape index (κ1) is 25.0. The molecule has 3 aromatic rings. The van der Waals surface area contributed by atoms with Crippen LogP contribution in [0.2, 0.25) is 25.7 Å². The third-order valence-corrected chi connectivity index (χ3v) is 9.62. The monoisotopic (exact) mass is 527 g/mol. The lowest BCUT2D eigenvalue weighted by atomic mass is 10.1. The molecule has 1 N–H and O–H groups in total. The van der Waals surface area contributed by atoms with Crippen LogP contribution >= 0.6 is 11.3 Å². The number of thiazole rings is 1. The molecule has 35 heavy (non-hydrogen) atoms. The Kier molecular flexibility index (Phi) is 7.34. The summed E-state index contributed by atoms with van der Waals surface area (Å²) < 4.78 is 35.1. The van der Waals surface area contributed by atoms with E-state index in [1.54, 1.807) is 23.8 Å². The molecule has 0 atom stereocenters. The number of rotatable bonds is 9. The lowest BCUT2D eigenvalue weighted by molar-refractivity contribution is 0.294. The number of hydrogen-bond donors (Lipinski definition) is 1. The van der Waals surface area contributed by atoms with Gasteiger partial charge < -0.3 is 9.84 Å². The van der Waals surface area contributed by atoms with Crippen molar-refractivity contribution >= 4 is 47.5 Å². The predicted octanol–water partition coefficient (Wildman–Crippen LogP) is 5.95. The van der Waals surface area contributed by atoms with Crippen LogP contribution in [0.15, 0.2) is 72.3 Å². The molecule has 0 bridgehead atoms. The third-order valence-electron chi connectivity index (χ3n) is 5.43. The molecule has 0 amide bonds. The van der Waals surface area contributed by atoms with E-state index in [9.17, 15) is 13.5 Å². The molecule has 7 nitrogen and oxygen atoms in total. The zero-order valence-corrected chi connectivity index (χ0v) is 22.6. The summed E-state index contributed by atoms with van der Waals surface area (Å²) in [4.78, 5) is 5.09. The number of benzene rings is 2. The number of aliphatic hydroxyl groups excluding tert-OH is 1. The molecular weight excluding hydrogens is 499 g/mol. The number of aromatic nitrogens is 1. The van der Waals surface area contributed by atoms with Crippen LogP contribution < -0.4 is 9.04 Å². The van der Waals surface area contributed by atoms with Crippen LogP contribution in [0, 0.1) is 0 Å². The van der Waals surface area contributed by atoms with Crippen molar-refractivity contribution in [2.45, 2.75) is 32.3 Å². The average molecular weight is 528 g/mol. The molecule has 184 valence electrons. The van der Waals surface area contributed by atoms with Crippen molar-refractivity contribution in [3.8, 4) is 5.75 Å². The van der Waals surface area contributed by atoms with Gasteiger partial charge >= 0.3 is 10.2 Å². The van der Waals surface area contributed by atoms with Gasteiger partial charge in [0.05, 0.1) is 11.7 Å². The number of nitrogens with zero attached hydrogens (tertiary/aromatic N) is 3. The van der Waals surface area contributed by atoms with Gasteiger partial charge in [-0.1, -0.05) is 62.1 Å². The summed E-state index contributed by atoms with van der Waals surface area (Å²) >= 11 is 1.53. The second kappa shape index (κ2) is 10.3. The van der Waals surface area contributed by atoms with E-state index < -0.39 is 18.3 Å². The standard InChI is InChI=1S/C25H29N3O4S2Si/c1-35(2,3)14-13-27-25(29)17-28(34(27,30)31)23-12-10-20(9-11-22-16-26-19-33-22)15-24(23)32-18-21-7-5-4-6-8-21/h4-12,15-17,19,29H,13-14,18H2,1-3H3. The van der Waals surface area contributed by atoms with Gasteiger partial charge in [-0.2, -0.15) is 8.42 Å². The highest BCUT2D eigenvalue weighted by Crippen LogP contribution is 2.38. The van der Waals surface area contributed by atoms with Crippen molar-refractivity contribution in [2.24, 2.45) is 0 Å². The summed E-state index contributed by atoms with van der Waals surface area (Å²) in [5, 5.41) is 10.5. The van der Waals surface area contributed by atoms with Crippen LogP contribution in [0.3, 0.4) is 0 Å². The smallest absolute Gasteiger partial charge is 0.332 e. The first-order valence-electron chi connectivity index (χ1n) is 11.2. The SMILES string of the molecule is C[Si](C)(C)CCN1C(O)=CN(c2ccc(C=Cc3cncs3)cc2OCc2ccccc2)S1(=O)=O. The van der Waals surface area contributed by atoms with Gasteiger partial charge in [-0.05, 0) is 35.4 Å². The molecule has 0 unspecified atom stereocenters. The second-order valence-corrected chi connectivity index (χ2v) is 17.7. The van der Waals surface area contributed by atoms with Crippen LogP contribution in [-0.4, -0.2) is 37.4 Å². The Labute approximate surface area is 211 Å². The predicted molar refractivity (Wildman–Crippen MR) is 145 cm³/mol. The third kappa shape index (κ3) is 6.13. The molecule has 0 radical (unpaired) electrons. The summed E-state index contributed by atoms with van der Waals surface area (Å²) in [6.45, 7) is 7.03. The van der Waals surface area contributed by atoms with E-state index in [0.717, 1.165) is 30.7 Å². The molecule has 10 heteroatoms. The van der Waals surface area contributed by atoms with Crippen LogP contribution in [0.25, 0.3) is 12.2 Å². The van der Waals surface area contributed by atoms with E-state index in [1.807, 2.05) is 48.6 Å². The van der Waals surface area contributed by atoms with Gasteiger partial charge in [-0.15, -0.1) is 11.3 Å². The van der Waals surface area contributed by atoms with Crippen LogP contribution in [0.5, 0.6) is 5.75 Å². The first-order chi connectivity index (χ1) is 16.6. The number of aliphatic hydroxyl groups is 1. The fraction of sp³-hybridized carbons (Fsp3) is 0.240. The van der Waals surface area contributed by atoms with E-state index >= 15 is 0 Å². The van der Waals surface area contributed by atoms with Gasteiger partial charge in [0.25, 0.3) is 0 Å². The Morgan fingerprint density at radius 2 is 1.89 bits per heavy atom. The summed E-state index contributed by atoms with van der Waals surface area (Å²) in [5.41, 5.74) is 3.93. The van der Waals surface area contributed by atoms with Crippen LogP contribution in [-0.2, 0) is 16.8 Å². The van der Waals surface area contributed by atoms with Gasteiger partial charge in [-0.25, -0.2) is 8.61 Å². The van der Waals surface area contributed by atoms with Gasteiger partial charge in [0.15, 0.2) is 0 Å². The number of hydrogen-bond acceptors (Lipinski definition) is 6. The average Bonchev–Trinajstić information content (AvgIpc) is 3.41. The zero-order chi connectivity index (χ0) is 25.1. The topological polar surface area (TPSA) is 83.0 Å². The maximum absolute atomic E-state index is 13.4. The second-order valence-electron chi connectivity index (χ2n) is 9.41. The lowest BCUT2D eigenvalue weighted by Crippen LogP contribution is -2.37. The van der Waals surface area contributed by atoms with E-state index in [2.05, 4.69) is 24.6 Å². The van der Waals surface area contributed by atoms with Crippen molar-refractivity contribution in [2.75, 3.05) is 10.8 Å². The molecule has 0 spiro atoms. The van der Waals surface area contributed by atoms with Gasteiger partial charge in [0, 0.05) is 25.7 Å². The summed E-state index contributed by atoms with van der Waals surface area (Å²) in [7, 11) is -5.49. The molecule has 0 saturated carbocycles. The Hall–Kier alpha value is -3.08. The number of anilines is 1. The van der Waals surface area contributed by atoms with Gasteiger partial charge in [0.1, 0.15) is 18.0 Å². The quantitative estimate of drug-likeness (QED) is 0.348.